The molecular formula is C15H21FN2O. The summed E-state index contributed by atoms with van der Waals surface area (Å²) >= 11 is 0. The van der Waals surface area contributed by atoms with Gasteiger partial charge < -0.3 is 11.1 Å². The summed E-state index contributed by atoms with van der Waals surface area (Å²) in [7, 11) is 0. The predicted octanol–water partition coefficient (Wildman–Crippen LogP) is 2.38. The van der Waals surface area contributed by atoms with E-state index in [1.54, 1.807) is 6.07 Å². The Hall–Kier alpha value is -1.42. The largest absolute Gasteiger partial charge is 0.349 e. The monoisotopic (exact) mass is 264 g/mol. The van der Waals surface area contributed by atoms with Crippen molar-refractivity contribution in [1.29, 1.82) is 0 Å². The molecule has 0 aromatic heterocycles. The fraction of sp³-hybridized carbons (Fsp3) is 0.533. The number of amides is 1. The van der Waals surface area contributed by atoms with E-state index in [1.807, 2.05) is 13.0 Å². The van der Waals surface area contributed by atoms with Gasteiger partial charge in [-0.15, -0.1) is 0 Å². The average molecular weight is 264 g/mol. The van der Waals surface area contributed by atoms with E-state index in [9.17, 15) is 9.18 Å². The van der Waals surface area contributed by atoms with E-state index >= 15 is 0 Å². The van der Waals surface area contributed by atoms with Crippen molar-refractivity contribution >= 4 is 5.91 Å². The number of nitrogens with two attached hydrogens (primary N) is 1. The van der Waals surface area contributed by atoms with E-state index in [1.165, 1.54) is 12.1 Å². The zero-order chi connectivity index (χ0) is 13.8. The van der Waals surface area contributed by atoms with Crippen molar-refractivity contribution in [3.63, 3.8) is 0 Å². The third-order valence-corrected chi connectivity index (χ3v) is 4.01. The van der Waals surface area contributed by atoms with Gasteiger partial charge in [-0.05, 0) is 49.9 Å². The Morgan fingerprint density at radius 2 is 2.32 bits per heavy atom. The highest BCUT2D eigenvalue weighted by atomic mass is 19.1. The van der Waals surface area contributed by atoms with Gasteiger partial charge in [0.05, 0.1) is 6.04 Å². The molecule has 1 aliphatic rings. The van der Waals surface area contributed by atoms with Crippen molar-refractivity contribution in [2.24, 2.45) is 17.6 Å². The van der Waals surface area contributed by atoms with Crippen molar-refractivity contribution in [2.75, 3.05) is 6.54 Å². The SMILES string of the molecule is CC(NC(=O)C1CCCC1CN)c1cccc(F)c1. The molecule has 0 heterocycles. The Labute approximate surface area is 113 Å². The average Bonchev–Trinajstić information content (AvgIpc) is 2.87. The van der Waals surface area contributed by atoms with E-state index < -0.39 is 0 Å². The van der Waals surface area contributed by atoms with Gasteiger partial charge in [-0.2, -0.15) is 0 Å². The highest BCUT2D eigenvalue weighted by molar-refractivity contribution is 5.79. The molecule has 1 fully saturated rings. The first-order valence-electron chi connectivity index (χ1n) is 6.87. The van der Waals surface area contributed by atoms with Gasteiger partial charge in [-0.1, -0.05) is 18.6 Å². The molecule has 3 nitrogen and oxygen atoms in total. The van der Waals surface area contributed by atoms with E-state index in [2.05, 4.69) is 5.32 Å². The molecule has 104 valence electrons. The number of benzene rings is 1. The fourth-order valence-corrected chi connectivity index (χ4v) is 2.84. The van der Waals surface area contributed by atoms with Crippen molar-refractivity contribution in [2.45, 2.75) is 32.2 Å². The topological polar surface area (TPSA) is 55.1 Å². The Morgan fingerprint density at radius 1 is 1.53 bits per heavy atom. The van der Waals surface area contributed by atoms with Crippen LogP contribution >= 0.6 is 0 Å². The first-order valence-corrected chi connectivity index (χ1v) is 6.87. The Kier molecular flexibility index (Phi) is 4.53. The molecule has 1 amide bonds. The standard InChI is InChI=1S/C15H21FN2O/c1-10(11-4-2-6-13(16)8-11)18-15(19)14-7-3-5-12(14)9-17/h2,4,6,8,10,12,14H,3,5,7,9,17H2,1H3,(H,18,19). The van der Waals surface area contributed by atoms with Crippen LogP contribution in [-0.4, -0.2) is 12.5 Å². The lowest BCUT2D eigenvalue weighted by molar-refractivity contribution is -0.126. The molecule has 1 aromatic rings. The van der Waals surface area contributed by atoms with Crippen LogP contribution < -0.4 is 11.1 Å². The number of nitrogens with one attached hydrogen (secondary N) is 1. The molecule has 1 aromatic carbocycles. The van der Waals surface area contributed by atoms with Crippen LogP contribution in [0.1, 0.15) is 37.8 Å². The summed E-state index contributed by atoms with van der Waals surface area (Å²) in [5.74, 6) is 0.0738. The maximum atomic E-state index is 13.2. The number of rotatable bonds is 4. The second-order valence-corrected chi connectivity index (χ2v) is 5.32. The van der Waals surface area contributed by atoms with Crippen LogP contribution in [-0.2, 0) is 4.79 Å². The second-order valence-electron chi connectivity index (χ2n) is 5.32. The molecule has 0 radical (unpaired) electrons. The molecule has 19 heavy (non-hydrogen) atoms. The van der Waals surface area contributed by atoms with E-state index in [-0.39, 0.29) is 23.7 Å². The summed E-state index contributed by atoms with van der Waals surface area (Å²) in [6.07, 6.45) is 3.00. The molecule has 4 heteroatoms. The van der Waals surface area contributed by atoms with Gasteiger partial charge in [-0.25, -0.2) is 4.39 Å². The first kappa shape index (κ1) is 14.0. The molecule has 0 bridgehead atoms. The molecule has 1 aliphatic carbocycles. The van der Waals surface area contributed by atoms with Crippen molar-refractivity contribution in [3.8, 4) is 0 Å². The fourth-order valence-electron chi connectivity index (χ4n) is 2.84. The Bertz CT molecular complexity index is 450. The molecule has 1 saturated carbocycles. The molecule has 0 spiro atoms. The number of carbonyl (C=O) groups excluding carboxylic acids is 1. The summed E-state index contributed by atoms with van der Waals surface area (Å²) in [5.41, 5.74) is 6.48. The van der Waals surface area contributed by atoms with Crippen molar-refractivity contribution in [1.82, 2.24) is 5.32 Å². The van der Waals surface area contributed by atoms with Gasteiger partial charge in [0.25, 0.3) is 0 Å². The lowest BCUT2D eigenvalue weighted by Crippen LogP contribution is -2.36. The van der Waals surface area contributed by atoms with Gasteiger partial charge in [0.15, 0.2) is 0 Å². The van der Waals surface area contributed by atoms with Gasteiger partial charge in [0.2, 0.25) is 5.91 Å². The van der Waals surface area contributed by atoms with Crippen molar-refractivity contribution in [3.05, 3.63) is 35.6 Å². The third-order valence-electron chi connectivity index (χ3n) is 4.01. The van der Waals surface area contributed by atoms with Crippen LogP contribution in [0.4, 0.5) is 4.39 Å². The summed E-state index contributed by atoms with van der Waals surface area (Å²) in [5, 5.41) is 2.97. The van der Waals surface area contributed by atoms with Crippen LogP contribution in [0, 0.1) is 17.7 Å². The first-order chi connectivity index (χ1) is 9.11. The molecule has 3 unspecified atom stereocenters. The summed E-state index contributed by atoms with van der Waals surface area (Å²) < 4.78 is 13.2. The Balaban J connectivity index is 1.98. The minimum absolute atomic E-state index is 0.0148. The van der Waals surface area contributed by atoms with Gasteiger partial charge in [-0.3, -0.25) is 4.79 Å². The lowest BCUT2D eigenvalue weighted by Gasteiger charge is -2.21. The second kappa shape index (κ2) is 6.15. The predicted molar refractivity (Wildman–Crippen MR) is 72.8 cm³/mol. The van der Waals surface area contributed by atoms with Gasteiger partial charge in [0, 0.05) is 5.92 Å². The van der Waals surface area contributed by atoms with Crippen LogP contribution in [0.2, 0.25) is 0 Å². The zero-order valence-corrected chi connectivity index (χ0v) is 11.2. The molecule has 0 aliphatic heterocycles. The highest BCUT2D eigenvalue weighted by Crippen LogP contribution is 2.31. The Morgan fingerprint density at radius 3 is 3.00 bits per heavy atom. The molecule has 0 saturated heterocycles. The van der Waals surface area contributed by atoms with E-state index in [0.717, 1.165) is 24.8 Å². The lowest BCUT2D eigenvalue weighted by atomic mass is 9.94. The quantitative estimate of drug-likeness (QED) is 0.877. The minimum atomic E-state index is -0.278. The zero-order valence-electron chi connectivity index (χ0n) is 11.2. The smallest absolute Gasteiger partial charge is 0.223 e. The third kappa shape index (κ3) is 3.32. The van der Waals surface area contributed by atoms with Crippen LogP contribution in [0.25, 0.3) is 0 Å². The minimum Gasteiger partial charge on any atom is -0.349 e. The summed E-state index contributed by atoms with van der Waals surface area (Å²) in [4.78, 5) is 12.2. The highest BCUT2D eigenvalue weighted by Gasteiger charge is 2.32. The van der Waals surface area contributed by atoms with E-state index in [4.69, 9.17) is 5.73 Å². The number of hydrogen-bond acceptors (Lipinski definition) is 2. The van der Waals surface area contributed by atoms with Crippen LogP contribution in [0.5, 0.6) is 0 Å². The normalized spacial score (nSPS) is 24.2. The van der Waals surface area contributed by atoms with Crippen LogP contribution in [0.15, 0.2) is 24.3 Å². The summed E-state index contributed by atoms with van der Waals surface area (Å²) in [6, 6.07) is 6.16. The maximum Gasteiger partial charge on any atom is 0.223 e. The molecular weight excluding hydrogens is 243 g/mol. The number of hydrogen-bond donors (Lipinski definition) is 2. The summed E-state index contributed by atoms with van der Waals surface area (Å²) in [6.45, 7) is 2.44. The maximum absolute atomic E-state index is 13.2. The van der Waals surface area contributed by atoms with Crippen LogP contribution in [0.3, 0.4) is 0 Å². The van der Waals surface area contributed by atoms with Gasteiger partial charge >= 0.3 is 0 Å². The molecule has 2 rings (SSSR count). The molecule has 3 atom stereocenters. The van der Waals surface area contributed by atoms with Crippen molar-refractivity contribution < 1.29 is 9.18 Å². The molecule has 3 N–H and O–H groups in total. The van der Waals surface area contributed by atoms with Gasteiger partial charge in [0.1, 0.15) is 5.82 Å². The van der Waals surface area contributed by atoms with E-state index in [0.29, 0.717) is 12.5 Å². The number of halogens is 1. The number of carbonyl (C=O) groups is 1.